The number of allylic oxidation sites excluding steroid dienone is 2. The quantitative estimate of drug-likeness (QED) is 0.733. The molecule has 0 amide bonds. The number of pyridine rings is 1. The van der Waals surface area contributed by atoms with Gasteiger partial charge in [-0.1, -0.05) is 12.2 Å². The Morgan fingerprint density at radius 3 is 2.88 bits per heavy atom. The standard InChI is InChI=1S/C15H21NO/c1-12-10-14(16(2)15(17)11-12)9-8-13-6-4-3-5-7-13/h3-4,10-11,13H,5-9H2,1-2H3. The van der Waals surface area contributed by atoms with Crippen molar-refractivity contribution < 1.29 is 0 Å². The van der Waals surface area contributed by atoms with Crippen LogP contribution in [0.4, 0.5) is 0 Å². The summed E-state index contributed by atoms with van der Waals surface area (Å²) >= 11 is 0. The van der Waals surface area contributed by atoms with E-state index < -0.39 is 0 Å². The lowest BCUT2D eigenvalue weighted by molar-refractivity contribution is 0.440. The molecule has 0 aromatic carbocycles. The third-order valence-electron chi connectivity index (χ3n) is 3.69. The molecule has 0 saturated carbocycles. The maximum atomic E-state index is 11.7. The average Bonchev–Trinajstić information content (AvgIpc) is 2.33. The van der Waals surface area contributed by atoms with Crippen molar-refractivity contribution in [3.63, 3.8) is 0 Å². The molecular weight excluding hydrogens is 210 g/mol. The summed E-state index contributed by atoms with van der Waals surface area (Å²) in [7, 11) is 1.87. The zero-order valence-corrected chi connectivity index (χ0v) is 10.8. The number of hydrogen-bond acceptors (Lipinski definition) is 1. The Bertz CT molecular complexity index is 470. The molecule has 0 spiro atoms. The van der Waals surface area contributed by atoms with Gasteiger partial charge >= 0.3 is 0 Å². The van der Waals surface area contributed by atoms with E-state index in [0.717, 1.165) is 17.9 Å². The van der Waals surface area contributed by atoms with Gasteiger partial charge in [-0.2, -0.15) is 0 Å². The number of aryl methyl sites for hydroxylation is 2. The predicted octanol–water partition coefficient (Wildman–Crippen LogP) is 2.98. The summed E-state index contributed by atoms with van der Waals surface area (Å²) in [6.45, 7) is 1.99. The molecule has 0 N–H and O–H groups in total. The molecule has 2 nitrogen and oxygen atoms in total. The average molecular weight is 231 g/mol. The highest BCUT2D eigenvalue weighted by molar-refractivity contribution is 5.16. The summed E-state index contributed by atoms with van der Waals surface area (Å²) in [6.07, 6.45) is 10.5. The summed E-state index contributed by atoms with van der Waals surface area (Å²) in [6, 6.07) is 3.84. The minimum atomic E-state index is 0.114. The molecule has 1 unspecified atom stereocenters. The molecule has 1 heterocycles. The van der Waals surface area contributed by atoms with Gasteiger partial charge in [-0.3, -0.25) is 4.79 Å². The molecule has 1 aromatic rings. The monoisotopic (exact) mass is 231 g/mol. The third-order valence-corrected chi connectivity index (χ3v) is 3.69. The minimum Gasteiger partial charge on any atom is -0.316 e. The van der Waals surface area contributed by atoms with E-state index in [1.165, 1.54) is 31.4 Å². The largest absolute Gasteiger partial charge is 0.316 e. The van der Waals surface area contributed by atoms with Gasteiger partial charge in [0.2, 0.25) is 0 Å². The van der Waals surface area contributed by atoms with E-state index in [1.54, 1.807) is 10.6 Å². The number of aromatic nitrogens is 1. The van der Waals surface area contributed by atoms with Crippen LogP contribution in [0.5, 0.6) is 0 Å². The topological polar surface area (TPSA) is 22.0 Å². The second-order valence-electron chi connectivity index (χ2n) is 5.11. The van der Waals surface area contributed by atoms with Gasteiger partial charge in [0.15, 0.2) is 0 Å². The molecule has 0 saturated heterocycles. The van der Waals surface area contributed by atoms with E-state index in [4.69, 9.17) is 0 Å². The van der Waals surface area contributed by atoms with E-state index in [-0.39, 0.29) is 5.56 Å². The zero-order valence-electron chi connectivity index (χ0n) is 10.8. The summed E-state index contributed by atoms with van der Waals surface area (Å²) in [5, 5.41) is 0. The normalized spacial score (nSPS) is 19.5. The lowest BCUT2D eigenvalue weighted by Crippen LogP contribution is -2.20. The van der Waals surface area contributed by atoms with Crippen molar-refractivity contribution in [3.8, 4) is 0 Å². The van der Waals surface area contributed by atoms with Crippen LogP contribution in [-0.4, -0.2) is 4.57 Å². The first-order chi connectivity index (χ1) is 8.16. The Labute approximate surface area is 103 Å². The molecule has 0 radical (unpaired) electrons. The Morgan fingerprint density at radius 2 is 2.18 bits per heavy atom. The van der Waals surface area contributed by atoms with Crippen LogP contribution in [0.15, 0.2) is 29.1 Å². The van der Waals surface area contributed by atoms with Crippen molar-refractivity contribution in [2.45, 2.75) is 39.0 Å². The first kappa shape index (κ1) is 12.2. The fourth-order valence-corrected chi connectivity index (χ4v) is 2.54. The van der Waals surface area contributed by atoms with E-state index in [0.29, 0.717) is 0 Å². The second kappa shape index (κ2) is 5.35. The SMILES string of the molecule is Cc1cc(CCC2CC=CCC2)n(C)c(=O)c1. The van der Waals surface area contributed by atoms with E-state index >= 15 is 0 Å². The highest BCUT2D eigenvalue weighted by Crippen LogP contribution is 2.23. The summed E-state index contributed by atoms with van der Waals surface area (Å²) < 4.78 is 1.78. The van der Waals surface area contributed by atoms with E-state index in [2.05, 4.69) is 18.2 Å². The highest BCUT2D eigenvalue weighted by atomic mass is 16.1. The molecule has 1 aliphatic carbocycles. The Kier molecular flexibility index (Phi) is 3.82. The van der Waals surface area contributed by atoms with Gasteiger partial charge in [-0.25, -0.2) is 0 Å². The summed E-state index contributed by atoms with van der Waals surface area (Å²) in [4.78, 5) is 11.7. The van der Waals surface area contributed by atoms with Gasteiger partial charge < -0.3 is 4.57 Å². The van der Waals surface area contributed by atoms with E-state index in [9.17, 15) is 4.79 Å². The lowest BCUT2D eigenvalue weighted by atomic mass is 9.89. The van der Waals surface area contributed by atoms with Crippen molar-refractivity contribution >= 4 is 0 Å². The van der Waals surface area contributed by atoms with Gasteiger partial charge in [-0.15, -0.1) is 0 Å². The molecule has 2 heteroatoms. The van der Waals surface area contributed by atoms with Crippen LogP contribution >= 0.6 is 0 Å². The molecular formula is C15H21NO. The van der Waals surface area contributed by atoms with Gasteiger partial charge in [0.05, 0.1) is 0 Å². The molecule has 1 atom stereocenters. The van der Waals surface area contributed by atoms with Crippen molar-refractivity contribution in [1.29, 1.82) is 0 Å². The second-order valence-corrected chi connectivity index (χ2v) is 5.11. The maximum Gasteiger partial charge on any atom is 0.250 e. The lowest BCUT2D eigenvalue weighted by Gasteiger charge is -2.18. The minimum absolute atomic E-state index is 0.114. The van der Waals surface area contributed by atoms with Crippen LogP contribution < -0.4 is 5.56 Å². The maximum absolute atomic E-state index is 11.7. The van der Waals surface area contributed by atoms with Crippen LogP contribution in [-0.2, 0) is 13.5 Å². The summed E-state index contributed by atoms with van der Waals surface area (Å²) in [5.74, 6) is 0.801. The molecule has 0 fully saturated rings. The van der Waals surface area contributed by atoms with Gasteiger partial charge in [0.1, 0.15) is 0 Å². The predicted molar refractivity (Wildman–Crippen MR) is 71.2 cm³/mol. The number of nitrogens with zero attached hydrogens (tertiary/aromatic N) is 1. The molecule has 1 aliphatic rings. The molecule has 17 heavy (non-hydrogen) atoms. The Hall–Kier alpha value is -1.31. The van der Waals surface area contributed by atoms with Crippen LogP contribution in [0, 0.1) is 12.8 Å². The van der Waals surface area contributed by atoms with Crippen LogP contribution in [0.1, 0.15) is 36.9 Å². The number of rotatable bonds is 3. The molecule has 0 aliphatic heterocycles. The molecule has 1 aromatic heterocycles. The Balaban J connectivity index is 2.03. The zero-order chi connectivity index (χ0) is 12.3. The fourth-order valence-electron chi connectivity index (χ4n) is 2.54. The fraction of sp³-hybridized carbons (Fsp3) is 0.533. The number of hydrogen-bond donors (Lipinski definition) is 0. The molecule has 2 rings (SSSR count). The summed E-state index contributed by atoms with van der Waals surface area (Å²) in [5.41, 5.74) is 2.36. The van der Waals surface area contributed by atoms with Crippen molar-refractivity contribution in [2.75, 3.05) is 0 Å². The first-order valence-corrected chi connectivity index (χ1v) is 6.48. The van der Waals surface area contributed by atoms with Crippen molar-refractivity contribution in [1.82, 2.24) is 4.57 Å². The van der Waals surface area contributed by atoms with Gasteiger partial charge in [0.25, 0.3) is 5.56 Å². The third kappa shape index (κ3) is 3.09. The molecule has 0 bridgehead atoms. The highest BCUT2D eigenvalue weighted by Gasteiger charge is 2.11. The van der Waals surface area contributed by atoms with E-state index in [1.807, 2.05) is 14.0 Å². The smallest absolute Gasteiger partial charge is 0.250 e. The molecule has 92 valence electrons. The van der Waals surface area contributed by atoms with Crippen LogP contribution in [0.2, 0.25) is 0 Å². The van der Waals surface area contributed by atoms with Gasteiger partial charge in [0, 0.05) is 18.8 Å². The van der Waals surface area contributed by atoms with Crippen molar-refractivity contribution in [2.24, 2.45) is 13.0 Å². The van der Waals surface area contributed by atoms with Crippen LogP contribution in [0.25, 0.3) is 0 Å². The van der Waals surface area contributed by atoms with Crippen molar-refractivity contribution in [3.05, 3.63) is 45.9 Å². The Morgan fingerprint density at radius 1 is 1.35 bits per heavy atom. The van der Waals surface area contributed by atoms with Crippen LogP contribution in [0.3, 0.4) is 0 Å². The van der Waals surface area contributed by atoms with Gasteiger partial charge in [-0.05, 0) is 56.6 Å². The first-order valence-electron chi connectivity index (χ1n) is 6.48.